The van der Waals surface area contributed by atoms with Crippen LogP contribution in [0.5, 0.6) is 0 Å². The number of nitro groups is 1. The molecule has 1 saturated heterocycles. The third kappa shape index (κ3) is 2.48. The molecule has 2 rings (SSSR count). The lowest BCUT2D eigenvalue weighted by Crippen LogP contribution is -2.26. The number of hydrogen-bond acceptors (Lipinski definition) is 4. The zero-order valence-corrected chi connectivity index (χ0v) is 12.2. The third-order valence-electron chi connectivity index (χ3n) is 3.00. The van der Waals surface area contributed by atoms with E-state index >= 15 is 0 Å². The molecule has 0 radical (unpaired) electrons. The number of rotatable bonds is 3. The molecule has 0 aliphatic carbocycles. The van der Waals surface area contributed by atoms with Crippen molar-refractivity contribution in [3.63, 3.8) is 0 Å². The fourth-order valence-electron chi connectivity index (χ4n) is 2.03. The molecule has 1 fully saturated rings. The number of anilines is 1. The van der Waals surface area contributed by atoms with Gasteiger partial charge in [0.2, 0.25) is 5.91 Å². The maximum Gasteiger partial charge on any atom is 0.312 e. The van der Waals surface area contributed by atoms with Gasteiger partial charge in [-0.15, -0.1) is 0 Å². The molecule has 1 aromatic rings. The lowest BCUT2D eigenvalue weighted by molar-refractivity contribution is -0.384. The molecular formula is C11H8BrClN2O5. The minimum absolute atomic E-state index is 0.0111. The standard InChI is InChI=1S/C11H8BrClN2O5/c12-6-1-2-7(10(9(6)13)15(19)20)14-4-5(11(17)18)3-8(14)16/h1-2,5H,3-4H2,(H,17,18). The quantitative estimate of drug-likeness (QED) is 0.656. The van der Waals surface area contributed by atoms with Crippen LogP contribution < -0.4 is 4.90 Å². The van der Waals surface area contributed by atoms with Gasteiger partial charge in [-0.1, -0.05) is 11.6 Å². The second-order valence-electron chi connectivity index (χ2n) is 4.23. The number of halogens is 2. The van der Waals surface area contributed by atoms with Crippen LogP contribution in [0.4, 0.5) is 11.4 Å². The van der Waals surface area contributed by atoms with E-state index in [-0.39, 0.29) is 23.7 Å². The Morgan fingerprint density at radius 2 is 2.20 bits per heavy atom. The molecule has 1 heterocycles. The van der Waals surface area contributed by atoms with Crippen molar-refractivity contribution in [3.8, 4) is 0 Å². The molecule has 7 nitrogen and oxygen atoms in total. The van der Waals surface area contributed by atoms with Gasteiger partial charge in [-0.05, 0) is 28.1 Å². The maximum absolute atomic E-state index is 11.8. The highest BCUT2D eigenvalue weighted by molar-refractivity contribution is 9.10. The Morgan fingerprint density at radius 3 is 2.70 bits per heavy atom. The van der Waals surface area contributed by atoms with E-state index in [0.29, 0.717) is 4.47 Å². The van der Waals surface area contributed by atoms with Crippen molar-refractivity contribution in [2.45, 2.75) is 6.42 Å². The van der Waals surface area contributed by atoms with Gasteiger partial charge in [0.05, 0.1) is 10.8 Å². The Kier molecular flexibility index (Phi) is 3.96. The first-order chi connectivity index (χ1) is 9.32. The number of nitro benzene ring substituents is 1. The molecule has 1 N–H and O–H groups in total. The average molecular weight is 364 g/mol. The number of nitrogens with zero attached hydrogens (tertiary/aromatic N) is 2. The lowest BCUT2D eigenvalue weighted by atomic mass is 10.1. The van der Waals surface area contributed by atoms with E-state index < -0.39 is 28.4 Å². The zero-order valence-electron chi connectivity index (χ0n) is 9.88. The number of aliphatic carboxylic acids is 1. The molecule has 106 valence electrons. The van der Waals surface area contributed by atoms with E-state index in [9.17, 15) is 19.7 Å². The van der Waals surface area contributed by atoms with Gasteiger partial charge < -0.3 is 10.0 Å². The van der Waals surface area contributed by atoms with Gasteiger partial charge in [0.15, 0.2) is 0 Å². The van der Waals surface area contributed by atoms with E-state index in [1.165, 1.54) is 12.1 Å². The van der Waals surface area contributed by atoms with Crippen LogP contribution in [0.3, 0.4) is 0 Å². The molecular weight excluding hydrogens is 355 g/mol. The molecule has 0 spiro atoms. The highest BCUT2D eigenvalue weighted by Crippen LogP contribution is 2.41. The van der Waals surface area contributed by atoms with Crippen LogP contribution in [0.2, 0.25) is 5.02 Å². The van der Waals surface area contributed by atoms with Crippen molar-refractivity contribution in [2.24, 2.45) is 5.92 Å². The molecule has 1 atom stereocenters. The van der Waals surface area contributed by atoms with Crippen molar-refractivity contribution in [3.05, 3.63) is 31.7 Å². The summed E-state index contributed by atoms with van der Waals surface area (Å²) in [7, 11) is 0. The number of carboxylic acid groups (broad SMARTS) is 1. The monoisotopic (exact) mass is 362 g/mol. The van der Waals surface area contributed by atoms with Crippen LogP contribution in [0.15, 0.2) is 16.6 Å². The number of amides is 1. The Bertz CT molecular complexity index is 621. The van der Waals surface area contributed by atoms with Crippen molar-refractivity contribution in [1.82, 2.24) is 0 Å². The van der Waals surface area contributed by atoms with E-state index in [4.69, 9.17) is 16.7 Å². The van der Waals surface area contributed by atoms with Crippen molar-refractivity contribution in [1.29, 1.82) is 0 Å². The Balaban J connectivity index is 2.49. The van der Waals surface area contributed by atoms with E-state index in [1.807, 2.05) is 0 Å². The predicted molar refractivity (Wildman–Crippen MR) is 73.9 cm³/mol. The summed E-state index contributed by atoms with van der Waals surface area (Å²) in [6.45, 7) is -0.104. The summed E-state index contributed by atoms with van der Waals surface area (Å²) in [5.41, 5.74) is -0.405. The number of carboxylic acids is 1. The van der Waals surface area contributed by atoms with Crippen LogP contribution in [-0.2, 0) is 9.59 Å². The minimum atomic E-state index is -1.10. The summed E-state index contributed by atoms with van der Waals surface area (Å²) in [4.78, 5) is 34.3. The summed E-state index contributed by atoms with van der Waals surface area (Å²) in [6.07, 6.45) is -0.180. The van der Waals surface area contributed by atoms with Gasteiger partial charge in [-0.2, -0.15) is 0 Å². The first-order valence-electron chi connectivity index (χ1n) is 5.48. The molecule has 1 amide bonds. The molecule has 0 aromatic heterocycles. The first-order valence-corrected chi connectivity index (χ1v) is 6.65. The van der Waals surface area contributed by atoms with Gasteiger partial charge >= 0.3 is 11.7 Å². The van der Waals surface area contributed by atoms with Crippen molar-refractivity contribution in [2.75, 3.05) is 11.4 Å². The highest BCUT2D eigenvalue weighted by Gasteiger charge is 2.38. The van der Waals surface area contributed by atoms with E-state index in [2.05, 4.69) is 15.9 Å². The molecule has 1 aliphatic heterocycles. The minimum Gasteiger partial charge on any atom is -0.481 e. The van der Waals surface area contributed by atoms with Crippen LogP contribution >= 0.6 is 27.5 Å². The summed E-state index contributed by atoms with van der Waals surface area (Å²) in [6, 6.07) is 2.85. The predicted octanol–water partition coefficient (Wildman–Crippen LogP) is 2.45. The summed E-state index contributed by atoms with van der Waals surface area (Å²) in [5.74, 6) is -2.45. The first kappa shape index (κ1) is 14.7. The van der Waals surface area contributed by atoms with E-state index in [0.717, 1.165) is 4.90 Å². The number of carbonyl (C=O) groups excluding carboxylic acids is 1. The largest absolute Gasteiger partial charge is 0.481 e. The SMILES string of the molecule is O=C(O)C1CC(=O)N(c2ccc(Br)c(Cl)c2[N+](=O)[O-])C1. The fourth-order valence-corrected chi connectivity index (χ4v) is 2.58. The third-order valence-corrected chi connectivity index (χ3v) is 4.27. The van der Waals surface area contributed by atoms with Crippen LogP contribution in [0, 0.1) is 16.0 Å². The summed E-state index contributed by atoms with van der Waals surface area (Å²) in [5, 5.41) is 19.9. The highest BCUT2D eigenvalue weighted by atomic mass is 79.9. The van der Waals surface area contributed by atoms with Gasteiger partial charge in [0.25, 0.3) is 0 Å². The Labute approximate surface area is 126 Å². The van der Waals surface area contributed by atoms with Crippen LogP contribution in [0.25, 0.3) is 0 Å². The smallest absolute Gasteiger partial charge is 0.312 e. The molecule has 20 heavy (non-hydrogen) atoms. The molecule has 1 aliphatic rings. The Hall–Kier alpha value is -1.67. The second kappa shape index (κ2) is 5.37. The zero-order chi connectivity index (χ0) is 15.0. The number of benzene rings is 1. The van der Waals surface area contributed by atoms with Gasteiger partial charge in [-0.25, -0.2) is 0 Å². The number of hydrogen-bond donors (Lipinski definition) is 1. The molecule has 0 bridgehead atoms. The molecule has 9 heteroatoms. The summed E-state index contributed by atoms with van der Waals surface area (Å²) < 4.78 is 0.330. The second-order valence-corrected chi connectivity index (χ2v) is 5.46. The molecule has 0 saturated carbocycles. The van der Waals surface area contributed by atoms with Gasteiger partial charge in [0, 0.05) is 17.4 Å². The lowest BCUT2D eigenvalue weighted by Gasteiger charge is -2.17. The number of carbonyl (C=O) groups is 2. The maximum atomic E-state index is 11.8. The van der Waals surface area contributed by atoms with Gasteiger partial charge in [0.1, 0.15) is 10.7 Å². The van der Waals surface area contributed by atoms with Crippen LogP contribution in [0.1, 0.15) is 6.42 Å². The average Bonchev–Trinajstić information content (AvgIpc) is 2.74. The normalized spacial score (nSPS) is 18.4. The Morgan fingerprint density at radius 1 is 1.55 bits per heavy atom. The van der Waals surface area contributed by atoms with Crippen LogP contribution in [-0.4, -0.2) is 28.5 Å². The molecule has 1 unspecified atom stereocenters. The van der Waals surface area contributed by atoms with Gasteiger partial charge in [-0.3, -0.25) is 19.7 Å². The van der Waals surface area contributed by atoms with E-state index in [1.54, 1.807) is 0 Å². The topological polar surface area (TPSA) is 101 Å². The van der Waals surface area contributed by atoms with Crippen molar-refractivity contribution < 1.29 is 19.6 Å². The van der Waals surface area contributed by atoms with Crippen molar-refractivity contribution >= 4 is 50.8 Å². The fraction of sp³-hybridized carbons (Fsp3) is 0.273. The summed E-state index contributed by atoms with van der Waals surface area (Å²) >= 11 is 8.95. The molecule has 1 aromatic carbocycles.